The zero-order valence-corrected chi connectivity index (χ0v) is 8.02. The number of hydrogen-bond donors (Lipinski definition) is 0. The third-order valence-corrected chi connectivity index (χ3v) is 3.84. The van der Waals surface area contributed by atoms with Gasteiger partial charge in [-0.1, -0.05) is 24.3 Å². The highest BCUT2D eigenvalue weighted by Gasteiger charge is 2.48. The van der Waals surface area contributed by atoms with Crippen molar-refractivity contribution in [2.24, 2.45) is 23.7 Å². The van der Waals surface area contributed by atoms with Crippen LogP contribution in [0.4, 0.5) is 0 Å². The molecular weight excluding hydrogens is 160 g/mol. The molecule has 0 aliphatic heterocycles. The predicted octanol–water partition coefficient (Wildman–Crippen LogP) is 2.40. The molecular formula is C12H16O. The molecule has 0 aromatic heterocycles. The molecule has 3 aliphatic carbocycles. The average Bonchev–Trinajstić information content (AvgIpc) is 2.74. The highest BCUT2D eigenvalue weighted by Crippen LogP contribution is 2.53. The van der Waals surface area contributed by atoms with Crippen LogP contribution in [0, 0.1) is 23.7 Å². The maximum Gasteiger partial charge on any atom is 0.0795 e. The fourth-order valence-corrected chi connectivity index (χ4v) is 3.36. The van der Waals surface area contributed by atoms with E-state index in [-0.39, 0.29) is 0 Å². The summed E-state index contributed by atoms with van der Waals surface area (Å²) in [5.41, 5.74) is 0. The van der Waals surface area contributed by atoms with Crippen molar-refractivity contribution in [2.75, 3.05) is 6.61 Å². The van der Waals surface area contributed by atoms with Gasteiger partial charge in [0.25, 0.3) is 0 Å². The molecule has 1 nitrogen and oxygen atoms in total. The first-order chi connectivity index (χ1) is 6.40. The third kappa shape index (κ3) is 0.969. The lowest BCUT2D eigenvalue weighted by Gasteiger charge is -2.25. The standard InChI is InChI=1S/C12H16O/c1-2-13-11-6-5-10-8-3-4-9(7-8)12(10)11/h3-6,8-12H,2,7H2,1H3/t8?,9?,10-,11+,12+/m0/s1. The van der Waals surface area contributed by atoms with Crippen molar-refractivity contribution < 1.29 is 4.74 Å². The van der Waals surface area contributed by atoms with E-state index in [0.29, 0.717) is 6.10 Å². The lowest BCUT2D eigenvalue weighted by molar-refractivity contribution is 0.0435. The van der Waals surface area contributed by atoms with Gasteiger partial charge in [-0.05, 0) is 31.1 Å². The number of hydrogen-bond acceptors (Lipinski definition) is 1. The molecule has 0 aromatic rings. The van der Waals surface area contributed by atoms with Gasteiger partial charge in [0.05, 0.1) is 6.10 Å². The van der Waals surface area contributed by atoms with E-state index in [9.17, 15) is 0 Å². The molecule has 5 atom stereocenters. The lowest BCUT2D eigenvalue weighted by atomic mass is 9.84. The molecule has 0 heterocycles. The van der Waals surface area contributed by atoms with Gasteiger partial charge < -0.3 is 4.74 Å². The summed E-state index contributed by atoms with van der Waals surface area (Å²) in [6, 6.07) is 0. The molecule has 0 saturated heterocycles. The molecule has 0 amide bonds. The van der Waals surface area contributed by atoms with Crippen molar-refractivity contribution in [3.05, 3.63) is 24.3 Å². The average molecular weight is 176 g/mol. The van der Waals surface area contributed by atoms with Crippen LogP contribution in [-0.2, 0) is 4.74 Å². The van der Waals surface area contributed by atoms with Crippen LogP contribution in [0.25, 0.3) is 0 Å². The van der Waals surface area contributed by atoms with E-state index in [1.54, 1.807) is 0 Å². The first kappa shape index (κ1) is 7.81. The summed E-state index contributed by atoms with van der Waals surface area (Å²) < 4.78 is 5.75. The minimum Gasteiger partial charge on any atom is -0.374 e. The van der Waals surface area contributed by atoms with E-state index in [0.717, 1.165) is 30.3 Å². The number of rotatable bonds is 2. The molecule has 13 heavy (non-hydrogen) atoms. The molecule has 1 heteroatoms. The number of ether oxygens (including phenoxy) is 1. The van der Waals surface area contributed by atoms with Crippen molar-refractivity contribution in [3.63, 3.8) is 0 Å². The van der Waals surface area contributed by atoms with Gasteiger partial charge in [-0.3, -0.25) is 0 Å². The topological polar surface area (TPSA) is 9.23 Å². The van der Waals surface area contributed by atoms with Gasteiger partial charge in [-0.25, -0.2) is 0 Å². The quantitative estimate of drug-likeness (QED) is 0.587. The minimum atomic E-state index is 0.412. The van der Waals surface area contributed by atoms with Gasteiger partial charge in [-0.15, -0.1) is 0 Å². The Morgan fingerprint density at radius 3 is 2.85 bits per heavy atom. The lowest BCUT2D eigenvalue weighted by Crippen LogP contribution is -2.26. The van der Waals surface area contributed by atoms with Gasteiger partial charge in [0.2, 0.25) is 0 Å². The number of fused-ring (bicyclic) bond motifs is 5. The van der Waals surface area contributed by atoms with Crippen LogP contribution in [-0.4, -0.2) is 12.7 Å². The van der Waals surface area contributed by atoms with Crippen LogP contribution >= 0.6 is 0 Å². The Morgan fingerprint density at radius 1 is 1.15 bits per heavy atom. The summed E-state index contributed by atoms with van der Waals surface area (Å²) in [4.78, 5) is 0. The van der Waals surface area contributed by atoms with Gasteiger partial charge in [0, 0.05) is 12.5 Å². The molecule has 0 N–H and O–H groups in total. The molecule has 0 spiro atoms. The van der Waals surface area contributed by atoms with E-state index in [4.69, 9.17) is 4.74 Å². The molecule has 3 rings (SSSR count). The highest BCUT2D eigenvalue weighted by molar-refractivity contribution is 5.24. The first-order valence-electron chi connectivity index (χ1n) is 5.38. The summed E-state index contributed by atoms with van der Waals surface area (Å²) in [6.45, 7) is 2.93. The Balaban J connectivity index is 1.83. The number of allylic oxidation sites excluding steroid dienone is 3. The van der Waals surface area contributed by atoms with Crippen molar-refractivity contribution >= 4 is 0 Å². The highest BCUT2D eigenvalue weighted by atomic mass is 16.5. The van der Waals surface area contributed by atoms with Crippen LogP contribution in [0.15, 0.2) is 24.3 Å². The van der Waals surface area contributed by atoms with Crippen molar-refractivity contribution in [1.29, 1.82) is 0 Å². The molecule has 70 valence electrons. The van der Waals surface area contributed by atoms with Crippen LogP contribution in [0.2, 0.25) is 0 Å². The van der Waals surface area contributed by atoms with Gasteiger partial charge >= 0.3 is 0 Å². The maximum atomic E-state index is 5.75. The molecule has 0 radical (unpaired) electrons. The summed E-state index contributed by atoms with van der Waals surface area (Å²) in [5, 5.41) is 0. The second-order valence-corrected chi connectivity index (χ2v) is 4.41. The summed E-state index contributed by atoms with van der Waals surface area (Å²) >= 11 is 0. The van der Waals surface area contributed by atoms with Crippen LogP contribution in [0.3, 0.4) is 0 Å². The van der Waals surface area contributed by atoms with E-state index in [1.807, 2.05) is 0 Å². The Bertz CT molecular complexity index is 266. The fraction of sp³-hybridized carbons (Fsp3) is 0.667. The molecule has 2 bridgehead atoms. The Hall–Kier alpha value is -0.560. The van der Waals surface area contributed by atoms with E-state index < -0.39 is 0 Å². The van der Waals surface area contributed by atoms with Crippen molar-refractivity contribution in [3.8, 4) is 0 Å². The Kier molecular flexibility index (Phi) is 1.63. The first-order valence-corrected chi connectivity index (χ1v) is 5.38. The molecule has 1 fully saturated rings. The zero-order valence-electron chi connectivity index (χ0n) is 8.02. The summed E-state index contributed by atoms with van der Waals surface area (Å²) in [5.74, 6) is 3.21. The minimum absolute atomic E-state index is 0.412. The molecule has 2 unspecified atom stereocenters. The van der Waals surface area contributed by atoms with Crippen LogP contribution < -0.4 is 0 Å². The second-order valence-electron chi connectivity index (χ2n) is 4.41. The third-order valence-electron chi connectivity index (χ3n) is 3.84. The normalized spacial score (nSPS) is 50.4. The smallest absolute Gasteiger partial charge is 0.0795 e. The molecule has 1 saturated carbocycles. The van der Waals surface area contributed by atoms with Gasteiger partial charge in [0.15, 0.2) is 0 Å². The van der Waals surface area contributed by atoms with Crippen LogP contribution in [0.1, 0.15) is 13.3 Å². The summed E-state index contributed by atoms with van der Waals surface area (Å²) in [7, 11) is 0. The monoisotopic (exact) mass is 176 g/mol. The Morgan fingerprint density at radius 2 is 2.00 bits per heavy atom. The van der Waals surface area contributed by atoms with E-state index >= 15 is 0 Å². The van der Waals surface area contributed by atoms with Crippen molar-refractivity contribution in [1.82, 2.24) is 0 Å². The predicted molar refractivity (Wildman–Crippen MR) is 52.3 cm³/mol. The largest absolute Gasteiger partial charge is 0.374 e. The van der Waals surface area contributed by atoms with Gasteiger partial charge in [-0.2, -0.15) is 0 Å². The van der Waals surface area contributed by atoms with E-state index in [1.165, 1.54) is 6.42 Å². The maximum absolute atomic E-state index is 5.75. The van der Waals surface area contributed by atoms with Crippen LogP contribution in [0.5, 0.6) is 0 Å². The Labute approximate surface area is 79.5 Å². The molecule has 0 aromatic carbocycles. The van der Waals surface area contributed by atoms with Gasteiger partial charge in [0.1, 0.15) is 0 Å². The zero-order chi connectivity index (χ0) is 8.84. The molecule has 3 aliphatic rings. The van der Waals surface area contributed by atoms with E-state index in [2.05, 4.69) is 31.2 Å². The van der Waals surface area contributed by atoms with Crippen molar-refractivity contribution in [2.45, 2.75) is 19.4 Å². The second kappa shape index (κ2) is 2.71. The summed E-state index contributed by atoms with van der Waals surface area (Å²) in [6.07, 6.45) is 11.3. The SMILES string of the molecule is CCO[C@@H]1C=C[C@H]2C3C=CC(C3)[C@@H]12. The fourth-order valence-electron chi connectivity index (χ4n) is 3.36.